The number of rotatable bonds is 3. The van der Waals surface area contributed by atoms with Gasteiger partial charge in [0, 0.05) is 12.3 Å². The first kappa shape index (κ1) is 11.8. The van der Waals surface area contributed by atoms with Gasteiger partial charge in [-0.25, -0.2) is 4.98 Å². The highest BCUT2D eigenvalue weighted by Crippen LogP contribution is 2.34. The van der Waals surface area contributed by atoms with Crippen molar-refractivity contribution >= 4 is 12.9 Å². The second kappa shape index (κ2) is 4.67. The van der Waals surface area contributed by atoms with E-state index < -0.39 is 7.60 Å². The van der Waals surface area contributed by atoms with E-state index in [1.54, 1.807) is 30.5 Å². The number of pyridine rings is 1. The van der Waals surface area contributed by atoms with Gasteiger partial charge in [0.15, 0.2) is 0 Å². The maximum absolute atomic E-state index is 11.1. The van der Waals surface area contributed by atoms with Crippen molar-refractivity contribution in [2.24, 2.45) is 0 Å². The Morgan fingerprint density at radius 1 is 1.12 bits per heavy atom. The molecule has 1 aromatic heterocycles. The molecule has 1 aromatic carbocycles. The zero-order valence-corrected chi connectivity index (χ0v) is 9.62. The highest BCUT2D eigenvalue weighted by molar-refractivity contribution is 7.60. The third kappa shape index (κ3) is 3.14. The molecule has 0 aliphatic carbocycles. The van der Waals surface area contributed by atoms with E-state index in [4.69, 9.17) is 14.5 Å². The van der Waals surface area contributed by atoms with Gasteiger partial charge in [-0.2, -0.15) is 0 Å². The maximum atomic E-state index is 11.1. The number of nitrogens with zero attached hydrogens (tertiary/aromatic N) is 1. The van der Waals surface area contributed by atoms with E-state index in [1.165, 1.54) is 18.2 Å². The molecule has 88 valence electrons. The molecule has 0 saturated heterocycles. The summed E-state index contributed by atoms with van der Waals surface area (Å²) in [6.45, 7) is 0. The van der Waals surface area contributed by atoms with Crippen molar-refractivity contribution in [3.8, 4) is 11.6 Å². The summed E-state index contributed by atoms with van der Waals surface area (Å²) in [6, 6.07) is 10.9. The Hall–Kier alpha value is -1.68. The monoisotopic (exact) mass is 251 g/mol. The molecule has 0 radical (unpaired) electrons. The third-order valence-corrected chi connectivity index (χ3v) is 2.97. The van der Waals surface area contributed by atoms with Gasteiger partial charge in [-0.15, -0.1) is 0 Å². The molecular weight excluding hydrogens is 241 g/mol. The fourth-order valence-electron chi connectivity index (χ4n) is 1.26. The van der Waals surface area contributed by atoms with Crippen LogP contribution >= 0.6 is 7.60 Å². The summed E-state index contributed by atoms with van der Waals surface area (Å²) in [5.74, 6) is 0.708. The predicted molar refractivity (Wildman–Crippen MR) is 62.4 cm³/mol. The van der Waals surface area contributed by atoms with Crippen molar-refractivity contribution in [2.75, 3.05) is 0 Å². The lowest BCUT2D eigenvalue weighted by Gasteiger charge is -2.07. The van der Waals surface area contributed by atoms with Crippen LogP contribution in [0.2, 0.25) is 0 Å². The van der Waals surface area contributed by atoms with E-state index in [1.807, 2.05) is 0 Å². The fourth-order valence-corrected chi connectivity index (χ4v) is 1.83. The van der Waals surface area contributed by atoms with Gasteiger partial charge in [0.25, 0.3) is 0 Å². The van der Waals surface area contributed by atoms with Crippen LogP contribution in [0.25, 0.3) is 0 Å². The van der Waals surface area contributed by atoms with Crippen LogP contribution < -0.4 is 10.0 Å². The van der Waals surface area contributed by atoms with E-state index in [-0.39, 0.29) is 5.30 Å². The van der Waals surface area contributed by atoms with Gasteiger partial charge in [-0.1, -0.05) is 12.1 Å². The molecule has 0 atom stereocenters. The lowest BCUT2D eigenvalue weighted by atomic mass is 10.3. The van der Waals surface area contributed by atoms with Gasteiger partial charge < -0.3 is 14.5 Å². The lowest BCUT2D eigenvalue weighted by Crippen LogP contribution is -2.03. The van der Waals surface area contributed by atoms with Crippen molar-refractivity contribution in [1.29, 1.82) is 0 Å². The standard InChI is InChI=1S/C11H10NO4P/c13-17(14,15)10-5-3-4-9(8-10)16-11-6-1-2-7-12-11/h1-8H,(H2,13,14,15). The fraction of sp³-hybridized carbons (Fsp3) is 0. The highest BCUT2D eigenvalue weighted by Gasteiger charge is 2.17. The Morgan fingerprint density at radius 3 is 2.59 bits per heavy atom. The minimum absolute atomic E-state index is 0.0778. The average molecular weight is 251 g/mol. The quantitative estimate of drug-likeness (QED) is 0.811. The van der Waals surface area contributed by atoms with E-state index in [9.17, 15) is 4.57 Å². The summed E-state index contributed by atoms with van der Waals surface area (Å²) in [5.41, 5.74) is 0. The van der Waals surface area contributed by atoms with Crippen LogP contribution in [-0.4, -0.2) is 14.8 Å². The first-order chi connectivity index (χ1) is 8.05. The largest absolute Gasteiger partial charge is 0.439 e. The second-order valence-electron chi connectivity index (χ2n) is 3.31. The lowest BCUT2D eigenvalue weighted by molar-refractivity contribution is 0.387. The normalized spacial score (nSPS) is 11.2. The van der Waals surface area contributed by atoms with E-state index in [2.05, 4.69) is 4.98 Å². The number of ether oxygens (including phenoxy) is 1. The van der Waals surface area contributed by atoms with Gasteiger partial charge in [-0.05, 0) is 24.3 Å². The summed E-state index contributed by atoms with van der Waals surface area (Å²) in [5, 5.41) is -0.0778. The third-order valence-electron chi connectivity index (χ3n) is 2.01. The number of hydrogen-bond donors (Lipinski definition) is 2. The first-order valence-electron chi connectivity index (χ1n) is 4.81. The van der Waals surface area contributed by atoms with Crippen LogP contribution in [0.4, 0.5) is 0 Å². The van der Waals surface area contributed by atoms with Crippen LogP contribution in [0.15, 0.2) is 48.7 Å². The average Bonchev–Trinajstić information content (AvgIpc) is 2.29. The van der Waals surface area contributed by atoms with Crippen molar-refractivity contribution in [3.63, 3.8) is 0 Å². The molecule has 5 nitrogen and oxygen atoms in total. The first-order valence-corrected chi connectivity index (χ1v) is 6.42. The van der Waals surface area contributed by atoms with Crippen molar-refractivity contribution < 1.29 is 19.1 Å². The Bertz CT molecular complexity index is 552. The molecule has 0 bridgehead atoms. The molecule has 2 N–H and O–H groups in total. The van der Waals surface area contributed by atoms with Gasteiger partial charge in [0.2, 0.25) is 5.88 Å². The molecule has 0 aliphatic rings. The maximum Gasteiger partial charge on any atom is 0.356 e. The Labute approximate surface area is 97.9 Å². The zero-order chi connectivity index (χ0) is 12.3. The number of aromatic nitrogens is 1. The molecule has 2 aromatic rings. The summed E-state index contributed by atoms with van der Waals surface area (Å²) in [6.07, 6.45) is 1.57. The van der Waals surface area contributed by atoms with Crippen LogP contribution in [0.3, 0.4) is 0 Å². The number of hydrogen-bond acceptors (Lipinski definition) is 3. The zero-order valence-electron chi connectivity index (χ0n) is 8.72. The topological polar surface area (TPSA) is 79.7 Å². The molecule has 0 aliphatic heterocycles. The van der Waals surface area contributed by atoms with Crippen LogP contribution in [0, 0.1) is 0 Å². The van der Waals surface area contributed by atoms with Gasteiger partial charge >= 0.3 is 7.60 Å². The molecular formula is C11H10NO4P. The van der Waals surface area contributed by atoms with Crippen molar-refractivity contribution in [1.82, 2.24) is 4.98 Å². The molecule has 0 amide bonds. The second-order valence-corrected chi connectivity index (χ2v) is 4.92. The van der Waals surface area contributed by atoms with Crippen molar-refractivity contribution in [2.45, 2.75) is 0 Å². The van der Waals surface area contributed by atoms with Gasteiger partial charge in [0.05, 0.1) is 5.30 Å². The highest BCUT2D eigenvalue weighted by atomic mass is 31.2. The Balaban J connectivity index is 2.26. The summed E-state index contributed by atoms with van der Waals surface area (Å²) in [7, 11) is -4.25. The molecule has 6 heteroatoms. The predicted octanol–water partition coefficient (Wildman–Crippen LogP) is 1.68. The molecule has 1 heterocycles. The van der Waals surface area contributed by atoms with Crippen LogP contribution in [-0.2, 0) is 4.57 Å². The molecule has 0 unspecified atom stereocenters. The molecule has 0 saturated carbocycles. The minimum atomic E-state index is -4.25. The summed E-state index contributed by atoms with van der Waals surface area (Å²) in [4.78, 5) is 22.0. The summed E-state index contributed by atoms with van der Waals surface area (Å²) < 4.78 is 16.4. The van der Waals surface area contributed by atoms with E-state index in [0.29, 0.717) is 11.6 Å². The smallest absolute Gasteiger partial charge is 0.356 e. The van der Waals surface area contributed by atoms with Crippen LogP contribution in [0.1, 0.15) is 0 Å². The van der Waals surface area contributed by atoms with Crippen molar-refractivity contribution in [3.05, 3.63) is 48.7 Å². The molecule has 17 heavy (non-hydrogen) atoms. The van der Waals surface area contributed by atoms with Gasteiger partial charge in [-0.3, -0.25) is 4.57 Å². The summed E-state index contributed by atoms with van der Waals surface area (Å²) >= 11 is 0. The minimum Gasteiger partial charge on any atom is -0.439 e. The molecule has 2 rings (SSSR count). The van der Waals surface area contributed by atoms with E-state index in [0.717, 1.165) is 0 Å². The number of benzene rings is 1. The molecule has 0 spiro atoms. The van der Waals surface area contributed by atoms with Gasteiger partial charge in [0.1, 0.15) is 5.75 Å². The van der Waals surface area contributed by atoms with E-state index >= 15 is 0 Å². The Kier molecular flexibility index (Phi) is 3.24. The molecule has 0 fully saturated rings. The van der Waals surface area contributed by atoms with Crippen LogP contribution in [0.5, 0.6) is 11.6 Å². The Morgan fingerprint density at radius 2 is 1.94 bits per heavy atom. The SMILES string of the molecule is O=P(O)(O)c1cccc(Oc2ccccn2)c1.